The van der Waals surface area contributed by atoms with E-state index >= 15 is 0 Å². The van der Waals surface area contributed by atoms with E-state index in [0.717, 1.165) is 18.5 Å². The lowest BCUT2D eigenvalue weighted by atomic mass is 10.4. The van der Waals surface area contributed by atoms with Crippen molar-refractivity contribution in [3.63, 3.8) is 0 Å². The van der Waals surface area contributed by atoms with Gasteiger partial charge in [0.15, 0.2) is 5.13 Å². The molecule has 16 heavy (non-hydrogen) atoms. The van der Waals surface area contributed by atoms with Crippen molar-refractivity contribution in [2.24, 2.45) is 0 Å². The Labute approximate surface area is 99.0 Å². The highest BCUT2D eigenvalue weighted by atomic mass is 32.1. The zero-order chi connectivity index (χ0) is 11.5. The fourth-order valence-electron chi connectivity index (χ4n) is 1.64. The molecular weight excluding hydrogens is 224 g/mol. The topological polar surface area (TPSA) is 51.2 Å². The van der Waals surface area contributed by atoms with Gasteiger partial charge in [-0.1, -0.05) is 0 Å². The molecule has 0 saturated carbocycles. The first-order chi connectivity index (χ1) is 7.65. The largest absolute Gasteiger partial charge is 0.369 e. The van der Waals surface area contributed by atoms with Crippen LogP contribution in [0.25, 0.3) is 0 Å². The highest BCUT2D eigenvalue weighted by Gasteiger charge is 2.17. The molecule has 1 aromatic rings. The van der Waals surface area contributed by atoms with Crippen LogP contribution < -0.4 is 5.32 Å². The smallest absolute Gasteiger partial charge is 0.252 e. The summed E-state index contributed by atoms with van der Waals surface area (Å²) in [6, 6.07) is 0. The molecule has 0 radical (unpaired) electrons. The minimum atomic E-state index is -0.124. The Hall–Kier alpha value is -0.940. The van der Waals surface area contributed by atoms with Crippen LogP contribution in [0.5, 0.6) is 0 Å². The molecule has 0 saturated heterocycles. The molecule has 0 aliphatic heterocycles. The second-order valence-corrected chi connectivity index (χ2v) is 5.23. The molecule has 1 amide bonds. The van der Waals surface area contributed by atoms with E-state index < -0.39 is 0 Å². The Bertz CT molecular complexity index is 366. The number of carbonyl (C=O) groups is 1. The monoisotopic (exact) mass is 240 g/mol. The summed E-state index contributed by atoms with van der Waals surface area (Å²) in [4.78, 5) is 17.2. The summed E-state index contributed by atoms with van der Waals surface area (Å²) in [6.07, 6.45) is 3.42. The van der Waals surface area contributed by atoms with Crippen LogP contribution in [0.3, 0.4) is 0 Å². The van der Waals surface area contributed by atoms with E-state index in [0.29, 0.717) is 5.13 Å². The summed E-state index contributed by atoms with van der Waals surface area (Å²) in [7, 11) is 0. The van der Waals surface area contributed by atoms with Crippen molar-refractivity contribution in [1.29, 1.82) is 0 Å². The van der Waals surface area contributed by atoms with E-state index in [9.17, 15) is 4.79 Å². The lowest BCUT2D eigenvalue weighted by Gasteiger charge is -2.06. The zero-order valence-electron chi connectivity index (χ0n) is 9.58. The third kappa shape index (κ3) is 2.80. The van der Waals surface area contributed by atoms with Crippen LogP contribution in [0, 0.1) is 0 Å². The van der Waals surface area contributed by atoms with Crippen molar-refractivity contribution in [2.45, 2.75) is 39.2 Å². The maximum absolute atomic E-state index is 11.5. The van der Waals surface area contributed by atoms with Crippen molar-refractivity contribution >= 4 is 22.4 Å². The molecule has 1 N–H and O–H groups in total. The van der Waals surface area contributed by atoms with Gasteiger partial charge < -0.3 is 4.74 Å². The van der Waals surface area contributed by atoms with Crippen LogP contribution in [0.1, 0.15) is 30.8 Å². The fraction of sp³-hybridized carbons (Fsp3) is 0.636. The highest BCUT2D eigenvalue weighted by molar-refractivity contribution is 7.15. The van der Waals surface area contributed by atoms with Gasteiger partial charge in [-0.05, 0) is 33.1 Å². The van der Waals surface area contributed by atoms with E-state index in [1.807, 2.05) is 13.8 Å². The molecule has 4 nitrogen and oxygen atoms in total. The second kappa shape index (κ2) is 4.93. The van der Waals surface area contributed by atoms with Gasteiger partial charge in [-0.15, -0.1) is 11.3 Å². The van der Waals surface area contributed by atoms with Gasteiger partial charge in [0.2, 0.25) is 0 Å². The van der Waals surface area contributed by atoms with Crippen LogP contribution in [0.15, 0.2) is 0 Å². The van der Waals surface area contributed by atoms with Gasteiger partial charge in [0.05, 0.1) is 11.8 Å². The Morgan fingerprint density at radius 1 is 1.56 bits per heavy atom. The van der Waals surface area contributed by atoms with Gasteiger partial charge >= 0.3 is 0 Å². The molecule has 0 spiro atoms. The zero-order valence-corrected chi connectivity index (χ0v) is 10.4. The molecule has 1 heterocycles. The SMILES string of the molecule is CC(C)OCC(=O)Nc1nc2c(s1)CCC2. The molecule has 2 rings (SSSR count). The molecule has 5 heteroatoms. The van der Waals surface area contributed by atoms with Crippen LogP contribution in [-0.4, -0.2) is 23.6 Å². The van der Waals surface area contributed by atoms with Gasteiger partial charge in [0, 0.05) is 4.88 Å². The van der Waals surface area contributed by atoms with Crippen LogP contribution >= 0.6 is 11.3 Å². The van der Waals surface area contributed by atoms with Crippen molar-refractivity contribution in [3.8, 4) is 0 Å². The fourth-order valence-corrected chi connectivity index (χ4v) is 2.71. The van der Waals surface area contributed by atoms with E-state index in [2.05, 4.69) is 10.3 Å². The number of aromatic nitrogens is 1. The number of hydrogen-bond acceptors (Lipinski definition) is 4. The first-order valence-corrected chi connectivity index (χ1v) is 6.37. The molecule has 0 bridgehead atoms. The average Bonchev–Trinajstić information content (AvgIpc) is 2.74. The average molecular weight is 240 g/mol. The predicted molar refractivity (Wildman–Crippen MR) is 63.9 cm³/mol. The molecule has 1 aliphatic rings. The number of rotatable bonds is 4. The van der Waals surface area contributed by atoms with Gasteiger partial charge in [0.1, 0.15) is 6.61 Å². The third-order valence-electron chi connectivity index (χ3n) is 2.39. The van der Waals surface area contributed by atoms with E-state index in [1.165, 1.54) is 11.3 Å². The minimum absolute atomic E-state index is 0.0760. The number of thiazole rings is 1. The lowest BCUT2D eigenvalue weighted by molar-refractivity contribution is -0.121. The number of ether oxygens (including phenoxy) is 1. The number of nitrogens with zero attached hydrogens (tertiary/aromatic N) is 1. The summed E-state index contributed by atoms with van der Waals surface area (Å²) in [5.41, 5.74) is 1.16. The Balaban J connectivity index is 1.86. The van der Waals surface area contributed by atoms with Gasteiger partial charge in [0.25, 0.3) is 5.91 Å². The summed E-state index contributed by atoms with van der Waals surface area (Å²) >= 11 is 1.59. The summed E-state index contributed by atoms with van der Waals surface area (Å²) in [6.45, 7) is 3.92. The molecular formula is C11H16N2O2S. The van der Waals surface area contributed by atoms with E-state index in [4.69, 9.17) is 4.74 Å². The van der Waals surface area contributed by atoms with Crippen molar-refractivity contribution < 1.29 is 9.53 Å². The first-order valence-electron chi connectivity index (χ1n) is 5.55. The highest BCUT2D eigenvalue weighted by Crippen LogP contribution is 2.30. The van der Waals surface area contributed by atoms with Crippen molar-refractivity contribution in [3.05, 3.63) is 10.6 Å². The Morgan fingerprint density at radius 3 is 3.06 bits per heavy atom. The quantitative estimate of drug-likeness (QED) is 0.875. The van der Waals surface area contributed by atoms with E-state index in [-0.39, 0.29) is 18.6 Å². The molecule has 88 valence electrons. The lowest BCUT2D eigenvalue weighted by Crippen LogP contribution is -2.20. The van der Waals surface area contributed by atoms with E-state index in [1.54, 1.807) is 11.3 Å². The second-order valence-electron chi connectivity index (χ2n) is 4.15. The number of amides is 1. The van der Waals surface area contributed by atoms with Crippen LogP contribution in [0.2, 0.25) is 0 Å². The summed E-state index contributed by atoms with van der Waals surface area (Å²) in [5, 5.41) is 3.48. The number of anilines is 1. The maximum atomic E-state index is 11.5. The van der Waals surface area contributed by atoms with Crippen molar-refractivity contribution in [2.75, 3.05) is 11.9 Å². The maximum Gasteiger partial charge on any atom is 0.252 e. The predicted octanol–water partition coefficient (Wildman–Crippen LogP) is 2.00. The summed E-state index contributed by atoms with van der Waals surface area (Å²) < 4.78 is 5.22. The minimum Gasteiger partial charge on any atom is -0.369 e. The van der Waals surface area contributed by atoms with Gasteiger partial charge in [-0.2, -0.15) is 0 Å². The Kier molecular flexibility index (Phi) is 3.56. The number of carbonyl (C=O) groups excluding carboxylic acids is 1. The number of nitrogens with one attached hydrogen (secondary N) is 1. The molecule has 0 aromatic carbocycles. The first kappa shape index (κ1) is 11.5. The number of hydrogen-bond donors (Lipinski definition) is 1. The standard InChI is InChI=1S/C11H16N2O2S/c1-7(2)15-6-10(14)13-11-12-8-4-3-5-9(8)16-11/h7H,3-6H2,1-2H3,(H,12,13,14). The summed E-state index contributed by atoms with van der Waals surface area (Å²) in [5.74, 6) is -0.124. The molecule has 0 unspecified atom stereocenters. The Morgan fingerprint density at radius 2 is 2.38 bits per heavy atom. The number of fused-ring (bicyclic) bond motifs is 1. The molecule has 1 aromatic heterocycles. The van der Waals surface area contributed by atoms with Crippen molar-refractivity contribution in [1.82, 2.24) is 4.98 Å². The normalized spacial score (nSPS) is 14.2. The van der Waals surface area contributed by atoms with Gasteiger partial charge in [-0.25, -0.2) is 4.98 Å². The van der Waals surface area contributed by atoms with Crippen LogP contribution in [0.4, 0.5) is 5.13 Å². The molecule has 0 atom stereocenters. The van der Waals surface area contributed by atoms with Gasteiger partial charge in [-0.3, -0.25) is 10.1 Å². The third-order valence-corrected chi connectivity index (χ3v) is 3.46. The molecule has 0 fully saturated rings. The number of aryl methyl sites for hydroxylation is 2. The molecule has 1 aliphatic carbocycles. The van der Waals surface area contributed by atoms with Crippen LogP contribution in [-0.2, 0) is 22.4 Å².